The van der Waals surface area contributed by atoms with Crippen LogP contribution in [-0.4, -0.2) is 37.4 Å². The topological polar surface area (TPSA) is 49.8 Å². The molecule has 1 aromatic carbocycles. The van der Waals surface area contributed by atoms with Crippen LogP contribution in [0, 0.1) is 11.6 Å². The molecule has 0 heterocycles. The predicted molar refractivity (Wildman–Crippen MR) is 77.4 cm³/mol. The summed E-state index contributed by atoms with van der Waals surface area (Å²) in [5.41, 5.74) is 0.0288. The third-order valence-corrected chi connectivity index (χ3v) is 3.03. The van der Waals surface area contributed by atoms with Crippen LogP contribution in [0.15, 0.2) is 18.2 Å². The number of hydrogen-bond acceptors (Lipinski definition) is 3. The van der Waals surface area contributed by atoms with Crippen molar-refractivity contribution in [2.24, 2.45) is 0 Å². The van der Waals surface area contributed by atoms with Crippen molar-refractivity contribution in [3.05, 3.63) is 35.4 Å². The Kier molecular flexibility index (Phi) is 6.30. The monoisotopic (exact) mass is 299 g/mol. The van der Waals surface area contributed by atoms with Crippen LogP contribution in [0.1, 0.15) is 19.4 Å². The van der Waals surface area contributed by atoms with Crippen LogP contribution in [0.4, 0.5) is 14.5 Å². The number of carboxylic acids is 1. The molecule has 0 aliphatic rings. The van der Waals surface area contributed by atoms with Crippen molar-refractivity contribution in [1.82, 2.24) is 0 Å². The Morgan fingerprint density at radius 2 is 2.00 bits per heavy atom. The minimum atomic E-state index is -1.18. The molecule has 0 amide bonds. The first kappa shape index (κ1) is 17.1. The number of anilines is 1. The number of ether oxygens (including phenoxy) is 1. The molecule has 0 radical (unpaired) electrons. The molecular weight excluding hydrogens is 280 g/mol. The highest BCUT2D eigenvalue weighted by Crippen LogP contribution is 2.27. The summed E-state index contributed by atoms with van der Waals surface area (Å²) in [6, 6.07) is 2.03. The number of carbonyl (C=O) groups is 1. The maximum atomic E-state index is 14.2. The Morgan fingerprint density at radius 3 is 2.43 bits per heavy atom. The summed E-state index contributed by atoms with van der Waals surface area (Å²) in [5.74, 6) is -2.64. The molecule has 6 heteroatoms. The van der Waals surface area contributed by atoms with E-state index in [1.54, 1.807) is 11.8 Å². The molecule has 0 aliphatic carbocycles. The van der Waals surface area contributed by atoms with Crippen molar-refractivity contribution in [1.29, 1.82) is 0 Å². The van der Waals surface area contributed by atoms with Gasteiger partial charge < -0.3 is 14.7 Å². The van der Waals surface area contributed by atoms with E-state index in [2.05, 4.69) is 0 Å². The van der Waals surface area contributed by atoms with Crippen molar-refractivity contribution >= 4 is 17.7 Å². The van der Waals surface area contributed by atoms with Crippen molar-refractivity contribution in [3.63, 3.8) is 0 Å². The van der Waals surface area contributed by atoms with E-state index in [1.807, 2.05) is 6.92 Å². The second kappa shape index (κ2) is 7.73. The second-order valence-electron chi connectivity index (χ2n) is 4.60. The number of aliphatic carboxylic acids is 1. The largest absolute Gasteiger partial charge is 0.478 e. The van der Waals surface area contributed by atoms with Gasteiger partial charge in [-0.25, -0.2) is 13.6 Å². The zero-order valence-corrected chi connectivity index (χ0v) is 12.3. The summed E-state index contributed by atoms with van der Waals surface area (Å²) >= 11 is 0. The summed E-state index contributed by atoms with van der Waals surface area (Å²) in [6.45, 7) is 4.36. The molecule has 4 nitrogen and oxygen atoms in total. The van der Waals surface area contributed by atoms with Gasteiger partial charge in [-0.15, -0.1) is 0 Å². The van der Waals surface area contributed by atoms with Crippen molar-refractivity contribution in [3.8, 4) is 0 Å². The van der Waals surface area contributed by atoms with Gasteiger partial charge in [-0.2, -0.15) is 0 Å². The molecular formula is C15H19F2NO3. The first-order chi connectivity index (χ1) is 9.90. The lowest BCUT2D eigenvalue weighted by atomic mass is 10.1. The summed E-state index contributed by atoms with van der Waals surface area (Å²) < 4.78 is 33.4. The van der Waals surface area contributed by atoms with Crippen molar-refractivity contribution in [2.75, 3.05) is 25.2 Å². The van der Waals surface area contributed by atoms with Gasteiger partial charge >= 0.3 is 5.97 Å². The number of benzene rings is 1. The van der Waals surface area contributed by atoms with E-state index >= 15 is 0 Å². The molecule has 0 fully saturated rings. The van der Waals surface area contributed by atoms with Gasteiger partial charge in [-0.1, -0.05) is 0 Å². The summed E-state index contributed by atoms with van der Waals surface area (Å²) in [7, 11) is 1.52. The highest BCUT2D eigenvalue weighted by atomic mass is 19.1. The van der Waals surface area contributed by atoms with E-state index in [4.69, 9.17) is 9.84 Å². The lowest BCUT2D eigenvalue weighted by Crippen LogP contribution is -2.37. The number of nitrogens with zero attached hydrogens (tertiary/aromatic N) is 1. The molecule has 1 rings (SSSR count). The SMILES string of the molecule is CCN(c1c(F)cc(C=CC(=O)O)cc1F)C(C)COC. The number of rotatable bonds is 7. The second-order valence-corrected chi connectivity index (χ2v) is 4.60. The van der Waals surface area contributed by atoms with Crippen LogP contribution in [-0.2, 0) is 9.53 Å². The maximum Gasteiger partial charge on any atom is 0.328 e. The summed E-state index contributed by atoms with van der Waals surface area (Å²) in [4.78, 5) is 12.0. The molecule has 1 aromatic rings. The zero-order chi connectivity index (χ0) is 16.0. The highest BCUT2D eigenvalue weighted by Gasteiger charge is 2.21. The summed E-state index contributed by atoms with van der Waals surface area (Å²) in [5, 5.41) is 8.53. The first-order valence-electron chi connectivity index (χ1n) is 6.56. The van der Waals surface area contributed by atoms with Gasteiger partial charge in [0.05, 0.1) is 6.61 Å². The number of likely N-dealkylation sites (N-methyl/N-ethyl adjacent to an activating group) is 1. The van der Waals surface area contributed by atoms with Gasteiger partial charge in [0.2, 0.25) is 0 Å². The molecule has 0 saturated heterocycles. The minimum Gasteiger partial charge on any atom is -0.478 e. The van der Waals surface area contributed by atoms with Gasteiger partial charge in [0.15, 0.2) is 0 Å². The average molecular weight is 299 g/mol. The quantitative estimate of drug-likeness (QED) is 0.787. The lowest BCUT2D eigenvalue weighted by molar-refractivity contribution is -0.131. The zero-order valence-electron chi connectivity index (χ0n) is 12.3. The Bertz CT molecular complexity index is 509. The Hall–Kier alpha value is -1.95. The van der Waals surface area contributed by atoms with E-state index in [0.29, 0.717) is 13.2 Å². The molecule has 0 bridgehead atoms. The van der Waals surface area contributed by atoms with Crippen LogP contribution in [0.2, 0.25) is 0 Å². The molecule has 1 atom stereocenters. The Morgan fingerprint density at radius 1 is 1.43 bits per heavy atom. The molecule has 1 unspecified atom stereocenters. The first-order valence-corrected chi connectivity index (χ1v) is 6.56. The minimum absolute atomic E-state index is 0.130. The molecule has 0 aliphatic heterocycles. The molecule has 0 spiro atoms. The Balaban J connectivity index is 3.16. The number of hydrogen-bond donors (Lipinski definition) is 1. The van der Waals surface area contributed by atoms with E-state index < -0.39 is 17.6 Å². The number of halogens is 2. The molecule has 1 N–H and O–H groups in total. The fourth-order valence-corrected chi connectivity index (χ4v) is 2.14. The maximum absolute atomic E-state index is 14.2. The van der Waals surface area contributed by atoms with Crippen LogP contribution in [0.3, 0.4) is 0 Å². The van der Waals surface area contributed by atoms with Gasteiger partial charge in [0, 0.05) is 25.8 Å². The standard InChI is InChI=1S/C15H19F2NO3/c1-4-18(10(2)9-21-3)15-12(16)7-11(8-13(15)17)5-6-14(19)20/h5-8,10H,4,9H2,1-3H3,(H,19,20). The molecule has 0 saturated carbocycles. The van der Waals surface area contributed by atoms with Gasteiger partial charge in [0.1, 0.15) is 17.3 Å². The van der Waals surface area contributed by atoms with Crippen molar-refractivity contribution in [2.45, 2.75) is 19.9 Å². The third-order valence-electron chi connectivity index (χ3n) is 3.03. The smallest absolute Gasteiger partial charge is 0.328 e. The van der Waals surface area contributed by atoms with E-state index in [-0.39, 0.29) is 17.3 Å². The highest BCUT2D eigenvalue weighted by molar-refractivity contribution is 5.85. The van der Waals surface area contributed by atoms with Gasteiger partial charge in [-0.3, -0.25) is 0 Å². The van der Waals surface area contributed by atoms with E-state index in [1.165, 1.54) is 7.11 Å². The van der Waals surface area contributed by atoms with Crippen LogP contribution < -0.4 is 4.90 Å². The fraction of sp³-hybridized carbons (Fsp3) is 0.400. The van der Waals surface area contributed by atoms with Gasteiger partial charge in [0.25, 0.3) is 0 Å². The third kappa shape index (κ3) is 4.53. The molecule has 116 valence electrons. The predicted octanol–water partition coefficient (Wildman–Crippen LogP) is 2.92. The number of carboxylic acid groups (broad SMARTS) is 1. The van der Waals surface area contributed by atoms with Crippen LogP contribution in [0.25, 0.3) is 6.08 Å². The number of methoxy groups -OCH3 is 1. The van der Waals surface area contributed by atoms with Crippen LogP contribution >= 0.6 is 0 Å². The fourth-order valence-electron chi connectivity index (χ4n) is 2.14. The Labute approximate surface area is 122 Å². The summed E-state index contributed by atoms with van der Waals surface area (Å²) in [6.07, 6.45) is 1.98. The van der Waals surface area contributed by atoms with E-state index in [9.17, 15) is 13.6 Å². The van der Waals surface area contributed by atoms with E-state index in [0.717, 1.165) is 24.3 Å². The van der Waals surface area contributed by atoms with Crippen LogP contribution in [0.5, 0.6) is 0 Å². The van der Waals surface area contributed by atoms with Gasteiger partial charge in [-0.05, 0) is 37.6 Å². The van der Waals surface area contributed by atoms with Crippen molar-refractivity contribution < 1.29 is 23.4 Å². The normalized spacial score (nSPS) is 12.6. The molecule has 21 heavy (non-hydrogen) atoms. The average Bonchev–Trinajstić information content (AvgIpc) is 2.40. The molecule has 0 aromatic heterocycles. The lowest BCUT2D eigenvalue weighted by Gasteiger charge is -2.30.